The molecule has 174 valence electrons. The van der Waals surface area contributed by atoms with Crippen molar-refractivity contribution in [3.63, 3.8) is 0 Å². The molecule has 0 radical (unpaired) electrons. The summed E-state index contributed by atoms with van der Waals surface area (Å²) in [5.41, 5.74) is 0.501. The zero-order valence-corrected chi connectivity index (χ0v) is 20.1. The summed E-state index contributed by atoms with van der Waals surface area (Å²) >= 11 is 0. The van der Waals surface area contributed by atoms with Gasteiger partial charge in [0.05, 0.1) is 25.7 Å². The van der Waals surface area contributed by atoms with Crippen LogP contribution in [-0.4, -0.2) is 32.3 Å². The van der Waals surface area contributed by atoms with Gasteiger partial charge in [0.15, 0.2) is 0 Å². The van der Waals surface area contributed by atoms with Crippen molar-refractivity contribution in [3.8, 4) is 5.75 Å². The number of carbonyl (C=O) groups is 2. The minimum atomic E-state index is -0.410. The minimum Gasteiger partial charge on any atom is -0.494 e. The van der Waals surface area contributed by atoms with E-state index in [0.717, 1.165) is 43.4 Å². The van der Waals surface area contributed by atoms with E-state index in [1.54, 1.807) is 6.08 Å². The molecule has 31 heavy (non-hydrogen) atoms. The lowest BCUT2D eigenvalue weighted by Crippen LogP contribution is -2.36. The average molecular weight is 433 g/mol. The minimum absolute atomic E-state index is 0.0654. The van der Waals surface area contributed by atoms with Gasteiger partial charge in [0.2, 0.25) is 0 Å². The second-order valence-electron chi connectivity index (χ2n) is 8.99. The summed E-state index contributed by atoms with van der Waals surface area (Å²) in [5, 5.41) is 0. The van der Waals surface area contributed by atoms with Crippen molar-refractivity contribution in [1.29, 1.82) is 0 Å². The van der Waals surface area contributed by atoms with E-state index in [1.807, 2.05) is 31.2 Å². The van der Waals surface area contributed by atoms with Gasteiger partial charge >= 0.3 is 11.9 Å². The normalized spacial score (nSPS) is 13.4. The number of hydrogen-bond acceptors (Lipinski definition) is 5. The second kappa shape index (κ2) is 13.9. The molecule has 1 aromatic carbocycles. The number of esters is 2. The molecule has 0 aliphatic carbocycles. The Hall–Kier alpha value is -2.30. The van der Waals surface area contributed by atoms with Gasteiger partial charge in [-0.25, -0.2) is 4.79 Å². The van der Waals surface area contributed by atoms with E-state index >= 15 is 0 Å². The highest BCUT2D eigenvalue weighted by molar-refractivity contribution is 5.86. The van der Waals surface area contributed by atoms with Gasteiger partial charge < -0.3 is 14.2 Å². The summed E-state index contributed by atoms with van der Waals surface area (Å²) < 4.78 is 15.9. The Morgan fingerprint density at radius 2 is 1.58 bits per heavy atom. The average Bonchev–Trinajstić information content (AvgIpc) is 2.73. The van der Waals surface area contributed by atoms with E-state index in [-0.39, 0.29) is 17.9 Å². The highest BCUT2D eigenvalue weighted by Gasteiger charge is 2.38. The largest absolute Gasteiger partial charge is 0.494 e. The molecule has 0 aliphatic heterocycles. The Kier molecular flexibility index (Phi) is 12.0. The van der Waals surface area contributed by atoms with E-state index in [1.165, 1.54) is 13.2 Å². The lowest BCUT2D eigenvalue weighted by Gasteiger charge is -2.32. The monoisotopic (exact) mass is 432 g/mol. The van der Waals surface area contributed by atoms with E-state index < -0.39 is 5.41 Å². The van der Waals surface area contributed by atoms with Crippen LogP contribution in [0.1, 0.15) is 72.3 Å². The summed E-state index contributed by atoms with van der Waals surface area (Å²) in [6, 6.07) is 7.57. The summed E-state index contributed by atoms with van der Waals surface area (Å²) in [5.74, 6) is 1.09. The summed E-state index contributed by atoms with van der Waals surface area (Å²) in [6.45, 7) is 11.6. The van der Waals surface area contributed by atoms with Gasteiger partial charge in [-0.3, -0.25) is 4.79 Å². The van der Waals surface area contributed by atoms with Crippen LogP contribution < -0.4 is 4.74 Å². The van der Waals surface area contributed by atoms with E-state index in [4.69, 9.17) is 9.47 Å². The Balaban J connectivity index is 2.21. The number of benzene rings is 1. The second-order valence-corrected chi connectivity index (χ2v) is 8.99. The summed E-state index contributed by atoms with van der Waals surface area (Å²) in [6.07, 6.45) is 7.82. The quantitative estimate of drug-likeness (QED) is 0.203. The molecule has 1 rings (SSSR count). The van der Waals surface area contributed by atoms with Gasteiger partial charge in [-0.2, -0.15) is 0 Å². The summed E-state index contributed by atoms with van der Waals surface area (Å²) in [4.78, 5) is 23.7. The van der Waals surface area contributed by atoms with Crippen LogP contribution in [0.4, 0.5) is 0 Å². The Morgan fingerprint density at radius 3 is 2.13 bits per heavy atom. The van der Waals surface area contributed by atoms with Crippen LogP contribution in [0.2, 0.25) is 0 Å². The van der Waals surface area contributed by atoms with Crippen LogP contribution in [0.5, 0.6) is 5.75 Å². The molecule has 0 saturated heterocycles. The van der Waals surface area contributed by atoms with Crippen LogP contribution in [0.3, 0.4) is 0 Å². The number of hydrogen-bond donors (Lipinski definition) is 0. The molecule has 0 bridgehead atoms. The first kappa shape index (κ1) is 26.7. The van der Waals surface area contributed by atoms with Crippen LogP contribution in [0.25, 0.3) is 6.08 Å². The highest BCUT2D eigenvalue weighted by atomic mass is 16.5. The third-order valence-corrected chi connectivity index (χ3v) is 5.61. The van der Waals surface area contributed by atoms with Crippen molar-refractivity contribution in [1.82, 2.24) is 0 Å². The standard InChI is InChI=1S/C26H40O5/c1-20(2)19-26(5,21(3)4)25(28)31-18-10-8-7-9-17-30-23-14-11-22(12-15-23)13-16-24(27)29-6/h11-16,20-21H,7-10,17-19H2,1-6H3/b16-13+/t26-/m0/s1. The molecule has 0 N–H and O–H groups in total. The maximum Gasteiger partial charge on any atom is 0.330 e. The molecule has 1 aromatic rings. The lowest BCUT2D eigenvalue weighted by atomic mass is 9.73. The molecule has 0 unspecified atom stereocenters. The smallest absolute Gasteiger partial charge is 0.330 e. The number of methoxy groups -OCH3 is 1. The molecule has 0 aromatic heterocycles. The van der Waals surface area contributed by atoms with Crippen LogP contribution >= 0.6 is 0 Å². The van der Waals surface area contributed by atoms with Gasteiger partial charge in [-0.15, -0.1) is 0 Å². The molecule has 0 fully saturated rings. The number of ether oxygens (including phenoxy) is 3. The molecule has 5 heteroatoms. The molecular weight excluding hydrogens is 392 g/mol. The molecule has 1 atom stereocenters. The predicted octanol–water partition coefficient (Wildman–Crippen LogP) is 6.06. The molecule has 5 nitrogen and oxygen atoms in total. The first-order valence-corrected chi connectivity index (χ1v) is 11.3. The van der Waals surface area contributed by atoms with Crippen LogP contribution in [0, 0.1) is 17.3 Å². The van der Waals surface area contributed by atoms with Crippen molar-refractivity contribution in [3.05, 3.63) is 35.9 Å². The van der Waals surface area contributed by atoms with E-state index in [0.29, 0.717) is 19.1 Å². The molecule has 0 heterocycles. The van der Waals surface area contributed by atoms with Gasteiger partial charge in [-0.05, 0) is 74.6 Å². The molecule has 0 amide bonds. The molecule has 0 spiro atoms. The van der Waals surface area contributed by atoms with Crippen molar-refractivity contribution in [2.45, 2.75) is 66.7 Å². The zero-order valence-electron chi connectivity index (χ0n) is 20.1. The molecular formula is C26H40O5. The first-order valence-electron chi connectivity index (χ1n) is 11.3. The van der Waals surface area contributed by atoms with Crippen molar-refractivity contribution < 1.29 is 23.8 Å². The predicted molar refractivity (Wildman–Crippen MR) is 125 cm³/mol. The number of rotatable bonds is 14. The lowest BCUT2D eigenvalue weighted by molar-refractivity contribution is -0.159. The Bertz CT molecular complexity index is 690. The summed E-state index contributed by atoms with van der Waals surface area (Å²) in [7, 11) is 1.35. The SMILES string of the molecule is COC(=O)/C=C/c1ccc(OCCCCCCOC(=O)[C@@](C)(CC(C)C)C(C)C)cc1. The number of unbranched alkanes of at least 4 members (excludes halogenated alkanes) is 3. The first-order chi connectivity index (χ1) is 14.7. The Morgan fingerprint density at radius 1 is 0.968 bits per heavy atom. The maximum atomic E-state index is 12.6. The van der Waals surface area contributed by atoms with Crippen molar-refractivity contribution in [2.75, 3.05) is 20.3 Å². The third-order valence-electron chi connectivity index (χ3n) is 5.61. The van der Waals surface area contributed by atoms with Gasteiger partial charge in [0, 0.05) is 6.08 Å². The van der Waals surface area contributed by atoms with E-state index in [2.05, 4.69) is 32.4 Å². The van der Waals surface area contributed by atoms with Crippen LogP contribution in [0.15, 0.2) is 30.3 Å². The third kappa shape index (κ3) is 10.0. The molecule has 0 saturated carbocycles. The Labute approximate surface area is 188 Å². The fraction of sp³-hybridized carbons (Fsp3) is 0.615. The van der Waals surface area contributed by atoms with Crippen molar-refractivity contribution in [2.24, 2.45) is 17.3 Å². The van der Waals surface area contributed by atoms with Crippen molar-refractivity contribution >= 4 is 18.0 Å². The highest BCUT2D eigenvalue weighted by Crippen LogP contribution is 2.35. The van der Waals surface area contributed by atoms with Gasteiger partial charge in [0.25, 0.3) is 0 Å². The fourth-order valence-electron chi connectivity index (χ4n) is 3.39. The fourth-order valence-corrected chi connectivity index (χ4v) is 3.39. The van der Waals surface area contributed by atoms with E-state index in [9.17, 15) is 9.59 Å². The van der Waals surface area contributed by atoms with Gasteiger partial charge in [-0.1, -0.05) is 39.8 Å². The zero-order chi connectivity index (χ0) is 23.3. The van der Waals surface area contributed by atoms with Crippen LogP contribution in [-0.2, 0) is 19.1 Å². The topological polar surface area (TPSA) is 61.8 Å². The molecule has 0 aliphatic rings. The van der Waals surface area contributed by atoms with Gasteiger partial charge in [0.1, 0.15) is 5.75 Å². The number of carbonyl (C=O) groups excluding carboxylic acids is 2. The maximum absolute atomic E-state index is 12.6.